The molecule has 1 aliphatic rings. The van der Waals surface area contributed by atoms with Crippen molar-refractivity contribution in [2.45, 2.75) is 6.42 Å². The highest BCUT2D eigenvalue weighted by atomic mass is 15.3. The highest BCUT2D eigenvalue weighted by Gasteiger charge is 2.20. The molecular formula is C30H21N5. The normalized spacial score (nSPS) is 14.1. The van der Waals surface area contributed by atoms with E-state index in [2.05, 4.69) is 81.8 Å². The third kappa shape index (κ3) is 3.21. The SMILES string of the molecule is C1=C(n2c3ccccc3n3c4ccccc4nc23)N=C(c2ccccc2)N=C(c2ccccc2)C1. The van der Waals surface area contributed by atoms with Gasteiger partial charge in [0.05, 0.1) is 27.8 Å². The van der Waals surface area contributed by atoms with Crippen LogP contribution in [0, 0.1) is 0 Å². The zero-order valence-electron chi connectivity index (χ0n) is 18.9. The number of fused-ring (bicyclic) bond motifs is 5. The average molecular weight is 452 g/mol. The Kier molecular flexibility index (Phi) is 4.45. The molecule has 4 aromatic carbocycles. The van der Waals surface area contributed by atoms with Gasteiger partial charge in [-0.25, -0.2) is 15.0 Å². The minimum Gasteiger partial charge on any atom is -0.276 e. The first kappa shape index (κ1) is 19.7. The van der Waals surface area contributed by atoms with Gasteiger partial charge in [-0.15, -0.1) is 0 Å². The minimum atomic E-state index is 0.665. The Hall–Kier alpha value is -4.77. The number of amidine groups is 1. The molecule has 0 N–H and O–H groups in total. The second-order valence-electron chi connectivity index (χ2n) is 8.55. The van der Waals surface area contributed by atoms with Gasteiger partial charge < -0.3 is 0 Å². The Morgan fingerprint density at radius 1 is 0.571 bits per heavy atom. The second kappa shape index (κ2) is 7.92. The molecule has 0 saturated heterocycles. The second-order valence-corrected chi connectivity index (χ2v) is 8.55. The van der Waals surface area contributed by atoms with Crippen molar-refractivity contribution in [2.75, 3.05) is 0 Å². The molecule has 0 spiro atoms. The average Bonchev–Trinajstić information content (AvgIpc) is 3.35. The lowest BCUT2D eigenvalue weighted by molar-refractivity contribution is 1.10. The molecule has 3 heterocycles. The van der Waals surface area contributed by atoms with E-state index >= 15 is 0 Å². The zero-order chi connectivity index (χ0) is 23.2. The molecule has 0 unspecified atom stereocenters. The lowest BCUT2D eigenvalue weighted by Gasteiger charge is -2.07. The summed E-state index contributed by atoms with van der Waals surface area (Å²) in [6.45, 7) is 0. The maximum atomic E-state index is 5.13. The van der Waals surface area contributed by atoms with Crippen molar-refractivity contribution >= 4 is 45.2 Å². The molecular weight excluding hydrogens is 430 g/mol. The van der Waals surface area contributed by atoms with E-state index in [0.29, 0.717) is 12.3 Å². The van der Waals surface area contributed by atoms with E-state index in [-0.39, 0.29) is 0 Å². The van der Waals surface area contributed by atoms with E-state index in [1.807, 2.05) is 42.5 Å². The summed E-state index contributed by atoms with van der Waals surface area (Å²) in [6.07, 6.45) is 2.83. The van der Waals surface area contributed by atoms with E-state index in [4.69, 9.17) is 15.0 Å². The van der Waals surface area contributed by atoms with Crippen LogP contribution in [0.2, 0.25) is 0 Å². The number of hydrogen-bond donors (Lipinski definition) is 0. The van der Waals surface area contributed by atoms with Crippen molar-refractivity contribution in [2.24, 2.45) is 9.98 Å². The number of hydrogen-bond acceptors (Lipinski definition) is 3. The third-order valence-corrected chi connectivity index (χ3v) is 6.41. The predicted octanol–water partition coefficient (Wildman–Crippen LogP) is 6.58. The molecule has 0 saturated carbocycles. The molecule has 0 aliphatic carbocycles. The summed E-state index contributed by atoms with van der Waals surface area (Å²) < 4.78 is 4.37. The minimum absolute atomic E-state index is 0.665. The molecule has 6 aromatic rings. The molecule has 0 radical (unpaired) electrons. The van der Waals surface area contributed by atoms with Crippen LogP contribution in [0.5, 0.6) is 0 Å². The number of aromatic nitrogens is 3. The van der Waals surface area contributed by atoms with Crippen LogP contribution < -0.4 is 0 Å². The van der Waals surface area contributed by atoms with Gasteiger partial charge in [-0.05, 0) is 35.9 Å². The van der Waals surface area contributed by atoms with Crippen LogP contribution in [0.25, 0.3) is 33.7 Å². The van der Waals surface area contributed by atoms with E-state index in [9.17, 15) is 0 Å². The number of imidazole rings is 2. The third-order valence-electron chi connectivity index (χ3n) is 6.41. The van der Waals surface area contributed by atoms with Gasteiger partial charge in [0.25, 0.3) is 0 Å². The first-order valence-electron chi connectivity index (χ1n) is 11.7. The van der Waals surface area contributed by atoms with Gasteiger partial charge in [-0.2, -0.15) is 0 Å². The van der Waals surface area contributed by atoms with Gasteiger partial charge in [-0.3, -0.25) is 8.97 Å². The summed E-state index contributed by atoms with van der Waals surface area (Å²) in [4.78, 5) is 15.2. The van der Waals surface area contributed by atoms with Crippen LogP contribution in [0.15, 0.2) is 125 Å². The first-order valence-corrected chi connectivity index (χ1v) is 11.7. The molecule has 2 aromatic heterocycles. The highest BCUT2D eigenvalue weighted by molar-refractivity contribution is 6.15. The highest BCUT2D eigenvalue weighted by Crippen LogP contribution is 2.30. The predicted molar refractivity (Wildman–Crippen MR) is 143 cm³/mol. The molecule has 7 rings (SSSR count). The van der Waals surface area contributed by atoms with Crippen molar-refractivity contribution in [3.05, 3.63) is 126 Å². The fraction of sp³-hybridized carbons (Fsp3) is 0.0333. The number of allylic oxidation sites excluding steroid dienone is 1. The first-order chi connectivity index (χ1) is 17.4. The summed E-state index contributed by atoms with van der Waals surface area (Å²) in [5.74, 6) is 2.36. The molecule has 5 nitrogen and oxygen atoms in total. The van der Waals surface area contributed by atoms with Crippen LogP contribution in [0.4, 0.5) is 0 Å². The Balaban J connectivity index is 1.51. The van der Waals surface area contributed by atoms with Gasteiger partial charge in [0.15, 0.2) is 5.84 Å². The maximum Gasteiger partial charge on any atom is 0.221 e. The number of para-hydroxylation sites is 4. The lowest BCUT2D eigenvalue weighted by atomic mass is 10.1. The molecule has 1 aliphatic heterocycles. The summed E-state index contributed by atoms with van der Waals surface area (Å²) >= 11 is 0. The Bertz CT molecular complexity index is 1800. The van der Waals surface area contributed by atoms with E-state index in [1.54, 1.807) is 0 Å². The summed E-state index contributed by atoms with van der Waals surface area (Å²) in [6, 6.07) is 37.1. The van der Waals surface area contributed by atoms with E-state index < -0.39 is 0 Å². The molecule has 5 heteroatoms. The largest absolute Gasteiger partial charge is 0.276 e. The smallest absolute Gasteiger partial charge is 0.221 e. The summed E-state index contributed by atoms with van der Waals surface area (Å²) in [5, 5.41) is 0. The van der Waals surface area contributed by atoms with Gasteiger partial charge >= 0.3 is 0 Å². The number of rotatable bonds is 3. The Morgan fingerprint density at radius 3 is 1.97 bits per heavy atom. The van der Waals surface area contributed by atoms with Gasteiger partial charge in [0, 0.05) is 12.0 Å². The van der Waals surface area contributed by atoms with Crippen LogP contribution in [-0.2, 0) is 0 Å². The lowest BCUT2D eigenvalue weighted by Crippen LogP contribution is -2.04. The fourth-order valence-corrected chi connectivity index (χ4v) is 4.79. The molecule has 0 bridgehead atoms. The molecule has 0 amide bonds. The summed E-state index contributed by atoms with van der Waals surface area (Å²) in [5.41, 5.74) is 7.28. The quantitative estimate of drug-likeness (QED) is 0.300. The van der Waals surface area contributed by atoms with Crippen molar-refractivity contribution in [3.8, 4) is 0 Å². The van der Waals surface area contributed by atoms with Gasteiger partial charge in [0.2, 0.25) is 5.78 Å². The molecule has 0 fully saturated rings. The van der Waals surface area contributed by atoms with E-state index in [0.717, 1.165) is 50.5 Å². The molecule has 0 atom stereocenters. The molecule has 35 heavy (non-hydrogen) atoms. The number of nitrogens with zero attached hydrogens (tertiary/aromatic N) is 5. The Morgan fingerprint density at radius 2 is 1.20 bits per heavy atom. The standard InChI is InChI=1S/C30H21N5/c1-3-11-21(12-4-1)23-19-20-28(33-29(31-23)22-13-5-2-6-14-22)35-27-18-10-9-17-26(27)34-25-16-8-7-15-24(25)32-30(34)35/h1-18,20H,19H2. The van der Waals surface area contributed by atoms with Crippen molar-refractivity contribution in [1.29, 1.82) is 0 Å². The van der Waals surface area contributed by atoms with Crippen molar-refractivity contribution in [3.63, 3.8) is 0 Å². The monoisotopic (exact) mass is 451 g/mol. The van der Waals surface area contributed by atoms with Gasteiger partial charge in [0.1, 0.15) is 5.82 Å². The zero-order valence-corrected chi connectivity index (χ0v) is 18.9. The van der Waals surface area contributed by atoms with Crippen LogP contribution >= 0.6 is 0 Å². The summed E-state index contributed by atoms with van der Waals surface area (Å²) in [7, 11) is 0. The van der Waals surface area contributed by atoms with Crippen LogP contribution in [0.1, 0.15) is 17.5 Å². The van der Waals surface area contributed by atoms with Gasteiger partial charge in [-0.1, -0.05) is 84.9 Å². The topological polar surface area (TPSA) is 47.0 Å². The molecule has 166 valence electrons. The van der Waals surface area contributed by atoms with Crippen molar-refractivity contribution < 1.29 is 0 Å². The Labute approximate surface area is 202 Å². The van der Waals surface area contributed by atoms with Crippen LogP contribution in [-0.4, -0.2) is 25.5 Å². The fourth-order valence-electron chi connectivity index (χ4n) is 4.79. The maximum absolute atomic E-state index is 5.13. The van der Waals surface area contributed by atoms with Crippen LogP contribution in [0.3, 0.4) is 0 Å². The van der Waals surface area contributed by atoms with E-state index in [1.165, 1.54) is 0 Å². The number of benzene rings is 4. The van der Waals surface area contributed by atoms with Crippen molar-refractivity contribution in [1.82, 2.24) is 14.0 Å². The number of aliphatic imine (C=N–C) groups is 2.